The quantitative estimate of drug-likeness (QED) is 0.184. The number of rotatable bonds is 7. The lowest BCUT2D eigenvalue weighted by atomic mass is 10.2. The summed E-state index contributed by atoms with van der Waals surface area (Å²) >= 11 is 0. The van der Waals surface area contributed by atoms with Crippen molar-refractivity contribution in [2.24, 2.45) is 4.99 Å². The molecule has 4 N–H and O–H groups in total. The molecule has 0 heterocycles. The fraction of sp³-hybridized carbons (Fsp3) is 0.824. The third-order valence-electron chi connectivity index (χ3n) is 2.48. The van der Waals surface area contributed by atoms with E-state index < -0.39 is 23.4 Å². The van der Waals surface area contributed by atoms with Crippen molar-refractivity contribution < 1.29 is 19.1 Å². The van der Waals surface area contributed by atoms with Crippen LogP contribution in [0, 0.1) is 0 Å². The Bertz CT molecular complexity index is 473. The van der Waals surface area contributed by atoms with Crippen LogP contribution in [0.2, 0.25) is 0 Å². The molecule has 0 aromatic rings. The second-order valence-electron chi connectivity index (χ2n) is 7.54. The van der Waals surface area contributed by atoms with E-state index in [4.69, 9.17) is 9.47 Å². The fourth-order valence-corrected chi connectivity index (χ4v) is 1.64. The normalized spacial score (nSPS) is 11.7. The van der Waals surface area contributed by atoms with Crippen molar-refractivity contribution in [3.05, 3.63) is 0 Å². The molecule has 0 saturated heterocycles. The van der Waals surface area contributed by atoms with Crippen LogP contribution in [0.4, 0.5) is 9.59 Å². The number of nitrogens with one attached hydrogen (secondary N) is 4. The molecule has 0 atom stereocenters. The predicted molar refractivity (Wildman–Crippen MR) is 118 cm³/mol. The Morgan fingerprint density at radius 2 is 1.22 bits per heavy atom. The SMILES string of the molecule is CCNC(=NCCNC(=O)OC(C)(C)C)NCCNC(=O)OC(C)(C)C.I. The molecule has 0 aliphatic heterocycles. The molecule has 0 aliphatic rings. The number of carbonyl (C=O) groups excluding carboxylic acids is 2. The van der Waals surface area contributed by atoms with Gasteiger partial charge in [-0.05, 0) is 48.5 Å². The van der Waals surface area contributed by atoms with Crippen LogP contribution < -0.4 is 21.3 Å². The standard InChI is InChI=1S/C17H35N5O4.HI/c1-8-18-13(19-9-11-21-14(23)25-16(2,3)4)20-10-12-22-15(24)26-17(5,6)7;/h8-12H2,1-7H3,(H,21,23)(H,22,24)(H2,18,19,20);1H. The average molecular weight is 501 g/mol. The Hall–Kier alpha value is -1.46. The van der Waals surface area contributed by atoms with Gasteiger partial charge in [-0.15, -0.1) is 24.0 Å². The summed E-state index contributed by atoms with van der Waals surface area (Å²) in [5.74, 6) is 0.601. The van der Waals surface area contributed by atoms with Crippen molar-refractivity contribution in [1.29, 1.82) is 0 Å². The first kappa shape index (κ1) is 27.8. The van der Waals surface area contributed by atoms with Gasteiger partial charge in [-0.3, -0.25) is 4.99 Å². The number of alkyl carbamates (subject to hydrolysis) is 2. The van der Waals surface area contributed by atoms with Crippen molar-refractivity contribution in [3.63, 3.8) is 0 Å². The summed E-state index contributed by atoms with van der Waals surface area (Å²) in [5.41, 5.74) is -1.04. The van der Waals surface area contributed by atoms with E-state index in [0.29, 0.717) is 38.7 Å². The molecule has 0 fully saturated rings. The summed E-state index contributed by atoms with van der Waals surface area (Å²) in [6.45, 7) is 15.2. The summed E-state index contributed by atoms with van der Waals surface area (Å²) in [7, 11) is 0. The van der Waals surface area contributed by atoms with Gasteiger partial charge in [-0.1, -0.05) is 0 Å². The van der Waals surface area contributed by atoms with Crippen LogP contribution in [0.3, 0.4) is 0 Å². The number of guanidine groups is 1. The zero-order valence-electron chi connectivity index (χ0n) is 17.5. The van der Waals surface area contributed by atoms with E-state index in [9.17, 15) is 9.59 Å². The molecule has 10 heteroatoms. The van der Waals surface area contributed by atoms with E-state index in [1.807, 2.05) is 48.5 Å². The van der Waals surface area contributed by atoms with Gasteiger partial charge < -0.3 is 30.7 Å². The van der Waals surface area contributed by atoms with Crippen LogP contribution in [0.1, 0.15) is 48.5 Å². The number of halogens is 1. The van der Waals surface area contributed by atoms with Crippen LogP contribution in [-0.4, -0.2) is 62.1 Å². The Kier molecular flexibility index (Phi) is 14.1. The predicted octanol–water partition coefficient (Wildman–Crippen LogP) is 2.21. The topological polar surface area (TPSA) is 113 Å². The summed E-state index contributed by atoms with van der Waals surface area (Å²) in [5, 5.41) is 11.5. The van der Waals surface area contributed by atoms with Gasteiger partial charge in [0.2, 0.25) is 0 Å². The third-order valence-corrected chi connectivity index (χ3v) is 2.48. The van der Waals surface area contributed by atoms with Crippen LogP contribution >= 0.6 is 24.0 Å². The lowest BCUT2D eigenvalue weighted by Crippen LogP contribution is -2.42. The number of carbonyl (C=O) groups is 2. The van der Waals surface area contributed by atoms with Gasteiger partial charge in [0.15, 0.2) is 5.96 Å². The first-order chi connectivity index (χ1) is 11.9. The zero-order chi connectivity index (χ0) is 20.2. The molecule has 0 bridgehead atoms. The molecule has 27 heavy (non-hydrogen) atoms. The molecular formula is C17H36IN5O4. The molecule has 0 unspecified atom stereocenters. The lowest BCUT2D eigenvalue weighted by Gasteiger charge is -2.20. The largest absolute Gasteiger partial charge is 0.444 e. The highest BCUT2D eigenvalue weighted by molar-refractivity contribution is 14.0. The minimum Gasteiger partial charge on any atom is -0.444 e. The minimum absolute atomic E-state index is 0. The molecule has 0 aliphatic carbocycles. The first-order valence-corrected chi connectivity index (χ1v) is 8.89. The smallest absolute Gasteiger partial charge is 0.407 e. The minimum atomic E-state index is -0.523. The first-order valence-electron chi connectivity index (χ1n) is 8.89. The molecule has 0 radical (unpaired) electrons. The molecule has 0 saturated carbocycles. The molecule has 0 rings (SSSR count). The second-order valence-corrected chi connectivity index (χ2v) is 7.54. The molecule has 0 spiro atoms. The van der Waals surface area contributed by atoms with Gasteiger partial charge in [-0.25, -0.2) is 9.59 Å². The summed E-state index contributed by atoms with van der Waals surface area (Å²) in [4.78, 5) is 27.4. The van der Waals surface area contributed by atoms with E-state index in [1.165, 1.54) is 0 Å². The van der Waals surface area contributed by atoms with Gasteiger partial charge in [0, 0.05) is 26.2 Å². The maximum absolute atomic E-state index is 11.5. The number of hydrogen-bond donors (Lipinski definition) is 4. The summed E-state index contributed by atoms with van der Waals surface area (Å²) in [6, 6.07) is 0. The van der Waals surface area contributed by atoms with Crippen LogP contribution in [0.15, 0.2) is 4.99 Å². The highest BCUT2D eigenvalue weighted by atomic mass is 127. The fourth-order valence-electron chi connectivity index (χ4n) is 1.64. The lowest BCUT2D eigenvalue weighted by molar-refractivity contribution is 0.0518. The Labute approximate surface area is 179 Å². The van der Waals surface area contributed by atoms with E-state index >= 15 is 0 Å². The van der Waals surface area contributed by atoms with Crippen LogP contribution in [-0.2, 0) is 9.47 Å². The Morgan fingerprint density at radius 1 is 0.778 bits per heavy atom. The van der Waals surface area contributed by atoms with Crippen LogP contribution in [0.5, 0.6) is 0 Å². The van der Waals surface area contributed by atoms with Gasteiger partial charge in [0.05, 0.1) is 6.54 Å². The van der Waals surface area contributed by atoms with Gasteiger partial charge in [0.25, 0.3) is 0 Å². The van der Waals surface area contributed by atoms with Crippen LogP contribution in [0.25, 0.3) is 0 Å². The van der Waals surface area contributed by atoms with Gasteiger partial charge in [-0.2, -0.15) is 0 Å². The molecule has 160 valence electrons. The monoisotopic (exact) mass is 501 g/mol. The van der Waals surface area contributed by atoms with Crippen molar-refractivity contribution >= 4 is 42.1 Å². The number of hydrogen-bond acceptors (Lipinski definition) is 5. The van der Waals surface area contributed by atoms with Gasteiger partial charge in [0.1, 0.15) is 11.2 Å². The summed E-state index contributed by atoms with van der Waals surface area (Å²) < 4.78 is 10.3. The Morgan fingerprint density at radius 3 is 1.67 bits per heavy atom. The molecular weight excluding hydrogens is 465 g/mol. The maximum atomic E-state index is 11.5. The van der Waals surface area contributed by atoms with E-state index in [2.05, 4.69) is 26.3 Å². The van der Waals surface area contributed by atoms with Crippen molar-refractivity contribution in [3.8, 4) is 0 Å². The average Bonchev–Trinajstić information content (AvgIpc) is 2.44. The highest BCUT2D eigenvalue weighted by Gasteiger charge is 2.16. The molecule has 0 aromatic heterocycles. The van der Waals surface area contributed by atoms with Gasteiger partial charge >= 0.3 is 12.2 Å². The van der Waals surface area contributed by atoms with E-state index in [0.717, 1.165) is 0 Å². The molecule has 2 amide bonds. The van der Waals surface area contributed by atoms with E-state index in [-0.39, 0.29) is 24.0 Å². The van der Waals surface area contributed by atoms with E-state index in [1.54, 1.807) is 0 Å². The molecule has 9 nitrogen and oxygen atoms in total. The number of aliphatic imine (C=N–C) groups is 1. The maximum Gasteiger partial charge on any atom is 0.407 e. The Balaban J connectivity index is 0. The summed E-state index contributed by atoms with van der Waals surface area (Å²) in [6.07, 6.45) is -0.921. The van der Waals surface area contributed by atoms with Crippen molar-refractivity contribution in [1.82, 2.24) is 21.3 Å². The second kappa shape index (κ2) is 13.7. The zero-order valence-corrected chi connectivity index (χ0v) is 19.9. The number of nitrogens with zero attached hydrogens (tertiary/aromatic N) is 1. The van der Waals surface area contributed by atoms with Crippen molar-refractivity contribution in [2.45, 2.75) is 59.7 Å². The molecule has 0 aromatic carbocycles. The third kappa shape index (κ3) is 19.1. The van der Waals surface area contributed by atoms with Crippen molar-refractivity contribution in [2.75, 3.05) is 32.7 Å². The number of ether oxygens (including phenoxy) is 2. The number of amides is 2. The highest BCUT2D eigenvalue weighted by Crippen LogP contribution is 2.06.